The van der Waals surface area contributed by atoms with Gasteiger partial charge in [-0.25, -0.2) is 0 Å². The molecule has 0 radical (unpaired) electrons. The number of ether oxygens (including phenoxy) is 1. The zero-order chi connectivity index (χ0) is 36.6. The summed E-state index contributed by atoms with van der Waals surface area (Å²) in [5.41, 5.74) is 0. The van der Waals surface area contributed by atoms with Crippen LogP contribution in [0.15, 0.2) is 218 Å². The van der Waals surface area contributed by atoms with Crippen LogP contribution in [-0.2, 0) is 0 Å². The van der Waals surface area contributed by atoms with Gasteiger partial charge >= 0.3 is 0 Å². The second-order valence-corrected chi connectivity index (χ2v) is 26.3. The molecular formula is C50H42OSi3. The third-order valence-electron chi connectivity index (χ3n) is 11.9. The molecule has 4 heteroatoms. The second-order valence-electron chi connectivity index (χ2n) is 14.7. The molecule has 0 aliphatic carbocycles. The third kappa shape index (κ3) is 5.24. The van der Waals surface area contributed by atoms with Crippen molar-refractivity contribution < 1.29 is 4.74 Å². The molecule has 0 saturated heterocycles. The fourth-order valence-electron chi connectivity index (χ4n) is 9.13. The van der Waals surface area contributed by atoms with Crippen molar-refractivity contribution >= 4 is 76.1 Å². The molecule has 0 unspecified atom stereocenters. The van der Waals surface area contributed by atoms with E-state index in [1.807, 2.05) is 0 Å². The standard InChI is InChI=1S/C50H42OSi3/c1-52(39-23-9-3-10-24-39,40-25-11-4-12-26-40)45-35-21-37-47-49(45)51-50-46(53(2,41-27-13-5-14-28-41)42-29-15-6-16-30-42)36-22-38-48(50)54(47,43-31-17-7-18-32-43)44-33-19-8-20-34-44/h3-38H,1-2H3. The largest absolute Gasteiger partial charge is 0.458 e. The second kappa shape index (κ2) is 13.9. The van der Waals surface area contributed by atoms with Gasteiger partial charge in [-0.3, -0.25) is 0 Å². The first-order chi connectivity index (χ1) is 26.6. The SMILES string of the molecule is C[Si](c1ccccc1)(c1ccccc1)c1cccc2c1Oc1c([Si](C)(c3ccccc3)c3ccccc3)cccc1[Si]2(c1ccccc1)c1ccccc1. The molecule has 0 amide bonds. The van der Waals surface area contributed by atoms with Crippen LogP contribution in [0.3, 0.4) is 0 Å². The summed E-state index contributed by atoms with van der Waals surface area (Å²) < 4.78 is 7.82. The Hall–Kier alpha value is -5.79. The minimum Gasteiger partial charge on any atom is -0.458 e. The smallest absolute Gasteiger partial charge is 0.188 e. The van der Waals surface area contributed by atoms with Gasteiger partial charge in [0.05, 0.1) is 0 Å². The van der Waals surface area contributed by atoms with E-state index < -0.39 is 24.2 Å². The Labute approximate surface area is 322 Å². The molecule has 1 nitrogen and oxygen atoms in total. The van der Waals surface area contributed by atoms with E-state index in [-0.39, 0.29) is 0 Å². The minimum absolute atomic E-state index is 1.04. The monoisotopic (exact) mass is 742 g/mol. The van der Waals surface area contributed by atoms with E-state index in [2.05, 4.69) is 231 Å². The summed E-state index contributed by atoms with van der Waals surface area (Å²) in [6, 6.07) is 81.4. The summed E-state index contributed by atoms with van der Waals surface area (Å²) >= 11 is 0. The van der Waals surface area contributed by atoms with Gasteiger partial charge in [-0.15, -0.1) is 0 Å². The molecule has 0 fully saturated rings. The molecule has 1 aliphatic rings. The normalized spacial score (nSPS) is 13.3. The van der Waals surface area contributed by atoms with Crippen LogP contribution in [0.5, 0.6) is 11.5 Å². The molecule has 0 spiro atoms. The fraction of sp³-hybridized carbons (Fsp3) is 0.0400. The maximum absolute atomic E-state index is 7.82. The number of hydrogen-bond acceptors (Lipinski definition) is 1. The molecular weight excluding hydrogens is 701 g/mol. The van der Waals surface area contributed by atoms with Crippen LogP contribution in [0.1, 0.15) is 0 Å². The van der Waals surface area contributed by atoms with Crippen molar-refractivity contribution in [1.29, 1.82) is 0 Å². The van der Waals surface area contributed by atoms with E-state index in [1.54, 1.807) is 0 Å². The Morgan fingerprint density at radius 1 is 0.315 bits per heavy atom. The van der Waals surface area contributed by atoms with Gasteiger partial charge in [0.25, 0.3) is 0 Å². The maximum atomic E-state index is 7.82. The average Bonchev–Trinajstić information content (AvgIpc) is 3.26. The van der Waals surface area contributed by atoms with Crippen molar-refractivity contribution in [2.75, 3.05) is 0 Å². The lowest BCUT2D eigenvalue weighted by molar-refractivity contribution is 0.494. The molecule has 0 bridgehead atoms. The van der Waals surface area contributed by atoms with Crippen LogP contribution in [-0.4, -0.2) is 24.2 Å². The molecule has 1 heterocycles. The van der Waals surface area contributed by atoms with Crippen molar-refractivity contribution in [2.45, 2.75) is 13.1 Å². The molecule has 260 valence electrons. The van der Waals surface area contributed by atoms with E-state index in [1.165, 1.54) is 51.9 Å². The van der Waals surface area contributed by atoms with E-state index in [0.29, 0.717) is 0 Å². The maximum Gasteiger partial charge on any atom is 0.188 e. The highest BCUT2D eigenvalue weighted by Gasteiger charge is 2.52. The quantitative estimate of drug-likeness (QED) is 0.151. The first-order valence-electron chi connectivity index (χ1n) is 18.9. The third-order valence-corrected chi connectivity index (χ3v) is 25.6. The molecule has 1 aliphatic heterocycles. The zero-order valence-electron chi connectivity index (χ0n) is 30.7. The minimum atomic E-state index is -2.98. The molecule has 0 saturated carbocycles. The average molecular weight is 743 g/mol. The topological polar surface area (TPSA) is 9.23 Å². The predicted octanol–water partition coefficient (Wildman–Crippen LogP) is 5.37. The van der Waals surface area contributed by atoms with E-state index in [4.69, 9.17) is 4.74 Å². The number of hydrogen-bond donors (Lipinski definition) is 0. The summed E-state index contributed by atoms with van der Waals surface area (Å²) in [6.07, 6.45) is 0. The Morgan fingerprint density at radius 3 is 0.889 bits per heavy atom. The Balaban J connectivity index is 1.45. The van der Waals surface area contributed by atoms with Gasteiger partial charge < -0.3 is 4.74 Å². The van der Waals surface area contributed by atoms with Crippen LogP contribution >= 0.6 is 0 Å². The van der Waals surface area contributed by atoms with Gasteiger partial charge in [-0.2, -0.15) is 0 Å². The molecule has 8 aromatic carbocycles. The van der Waals surface area contributed by atoms with Gasteiger partial charge in [-0.1, -0.05) is 231 Å². The van der Waals surface area contributed by atoms with Crippen molar-refractivity contribution in [2.24, 2.45) is 0 Å². The lowest BCUT2D eigenvalue weighted by Gasteiger charge is -2.44. The fourth-order valence-corrected chi connectivity index (χ4v) is 21.9. The number of rotatable bonds is 8. The number of fused-ring (bicyclic) bond motifs is 2. The summed E-state index contributed by atoms with van der Waals surface area (Å²) in [6.45, 7) is 5.03. The lowest BCUT2D eigenvalue weighted by atomic mass is 10.3. The Bertz CT molecular complexity index is 2270. The highest BCUT2D eigenvalue weighted by atomic mass is 28.3. The number of para-hydroxylation sites is 2. The Kier molecular flexibility index (Phi) is 8.74. The van der Waals surface area contributed by atoms with Crippen LogP contribution in [0, 0.1) is 0 Å². The summed E-state index contributed by atoms with van der Waals surface area (Å²) in [5, 5.41) is 13.4. The van der Waals surface area contributed by atoms with E-state index in [0.717, 1.165) is 11.5 Å². The van der Waals surface area contributed by atoms with Crippen molar-refractivity contribution in [3.8, 4) is 11.5 Å². The predicted molar refractivity (Wildman–Crippen MR) is 237 cm³/mol. The van der Waals surface area contributed by atoms with Gasteiger partial charge in [0, 0.05) is 0 Å². The molecule has 0 aromatic heterocycles. The van der Waals surface area contributed by atoms with E-state index >= 15 is 0 Å². The highest BCUT2D eigenvalue weighted by molar-refractivity contribution is 7.22. The van der Waals surface area contributed by atoms with Gasteiger partial charge in [0.15, 0.2) is 8.07 Å². The summed E-state index contributed by atoms with van der Waals surface area (Å²) in [5.74, 6) is 2.08. The van der Waals surface area contributed by atoms with Crippen LogP contribution in [0.4, 0.5) is 0 Å². The first kappa shape index (κ1) is 34.0. The summed E-state index contributed by atoms with van der Waals surface area (Å²) in [7, 11) is -8.23. The molecule has 0 atom stereocenters. The van der Waals surface area contributed by atoms with Gasteiger partial charge in [0.2, 0.25) is 0 Å². The van der Waals surface area contributed by atoms with Crippen LogP contribution < -0.4 is 56.6 Å². The molecule has 9 rings (SSSR count). The first-order valence-corrected chi connectivity index (χ1v) is 25.9. The van der Waals surface area contributed by atoms with Gasteiger partial charge in [-0.05, 0) is 51.9 Å². The van der Waals surface area contributed by atoms with Crippen molar-refractivity contribution in [1.82, 2.24) is 0 Å². The summed E-state index contributed by atoms with van der Waals surface area (Å²) in [4.78, 5) is 0. The van der Waals surface area contributed by atoms with Crippen molar-refractivity contribution in [3.05, 3.63) is 218 Å². The highest BCUT2D eigenvalue weighted by Crippen LogP contribution is 2.31. The molecule has 8 aromatic rings. The van der Waals surface area contributed by atoms with E-state index in [9.17, 15) is 0 Å². The molecule has 54 heavy (non-hydrogen) atoms. The Morgan fingerprint density at radius 2 is 0.593 bits per heavy atom. The number of benzene rings is 8. The van der Waals surface area contributed by atoms with Crippen molar-refractivity contribution in [3.63, 3.8) is 0 Å². The van der Waals surface area contributed by atoms with Gasteiger partial charge in [0.1, 0.15) is 27.6 Å². The molecule has 0 N–H and O–H groups in total. The van der Waals surface area contributed by atoms with Crippen LogP contribution in [0.2, 0.25) is 13.1 Å². The zero-order valence-corrected chi connectivity index (χ0v) is 33.7. The van der Waals surface area contributed by atoms with Crippen LogP contribution in [0.25, 0.3) is 0 Å². The lowest BCUT2D eigenvalue weighted by Crippen LogP contribution is -2.78.